The molecule has 0 fully saturated rings. The second-order valence-electron chi connectivity index (χ2n) is 3.34. The predicted molar refractivity (Wildman–Crippen MR) is 69.1 cm³/mol. The highest BCUT2D eigenvalue weighted by Gasteiger charge is 2.16. The zero-order valence-electron chi connectivity index (χ0n) is 10.00. The van der Waals surface area contributed by atoms with Crippen LogP contribution in [0.5, 0.6) is 0 Å². The van der Waals surface area contributed by atoms with Crippen LogP contribution in [0.2, 0.25) is 5.15 Å². The number of hydrogen-bond acceptors (Lipinski definition) is 7. The molecule has 0 saturated carbocycles. The molecule has 0 N–H and O–H groups in total. The summed E-state index contributed by atoms with van der Waals surface area (Å²) in [5, 5.41) is 8.07. The molecule has 2 rings (SSSR count). The summed E-state index contributed by atoms with van der Waals surface area (Å²) in [6, 6.07) is 3.64. The number of esters is 1. The van der Waals surface area contributed by atoms with Crippen LogP contribution in [0.3, 0.4) is 0 Å². The number of hydrogen-bond donors (Lipinski definition) is 0. The van der Waals surface area contributed by atoms with Crippen molar-refractivity contribution in [3.63, 3.8) is 0 Å². The van der Waals surface area contributed by atoms with E-state index in [4.69, 9.17) is 20.8 Å². The summed E-state index contributed by atoms with van der Waals surface area (Å²) in [7, 11) is 0. The van der Waals surface area contributed by atoms with E-state index >= 15 is 0 Å². The number of halogens is 1. The standard InChI is InChI=1S/C11H10ClN3O3S/c1-2-17-10(16)9-14-15-11(18-9)19-6-7-4-3-5-13-8(7)12/h3-5H,2,6H2,1H3. The number of pyridine rings is 1. The molecule has 0 radical (unpaired) electrons. The zero-order valence-corrected chi connectivity index (χ0v) is 11.6. The van der Waals surface area contributed by atoms with Gasteiger partial charge in [-0.05, 0) is 18.6 Å². The smallest absolute Gasteiger partial charge is 0.396 e. The average Bonchev–Trinajstić information content (AvgIpc) is 2.87. The zero-order chi connectivity index (χ0) is 13.7. The summed E-state index contributed by atoms with van der Waals surface area (Å²) in [5.41, 5.74) is 0.852. The largest absolute Gasteiger partial charge is 0.459 e. The molecule has 2 heterocycles. The molecule has 2 aromatic heterocycles. The van der Waals surface area contributed by atoms with Gasteiger partial charge in [-0.1, -0.05) is 34.5 Å². The fraction of sp³-hybridized carbons (Fsp3) is 0.273. The van der Waals surface area contributed by atoms with Crippen LogP contribution in [0, 0.1) is 0 Å². The Morgan fingerprint density at radius 3 is 3.11 bits per heavy atom. The van der Waals surface area contributed by atoms with Crippen molar-refractivity contribution in [3.05, 3.63) is 34.9 Å². The molecular weight excluding hydrogens is 290 g/mol. The van der Waals surface area contributed by atoms with Crippen molar-refractivity contribution in [1.82, 2.24) is 15.2 Å². The molecule has 0 unspecified atom stereocenters. The number of ether oxygens (including phenoxy) is 1. The van der Waals surface area contributed by atoms with Gasteiger partial charge in [0.2, 0.25) is 0 Å². The number of aromatic nitrogens is 3. The third kappa shape index (κ3) is 3.68. The molecule has 0 aliphatic rings. The number of nitrogens with zero attached hydrogens (tertiary/aromatic N) is 3. The second-order valence-corrected chi connectivity index (χ2v) is 4.62. The van der Waals surface area contributed by atoms with Gasteiger partial charge in [0, 0.05) is 11.9 Å². The summed E-state index contributed by atoms with van der Waals surface area (Å²) in [6.07, 6.45) is 1.61. The van der Waals surface area contributed by atoms with Gasteiger partial charge >= 0.3 is 11.9 Å². The first kappa shape index (κ1) is 13.8. The second kappa shape index (κ2) is 6.53. The predicted octanol–water partition coefficient (Wildman–Crippen LogP) is 2.59. The third-order valence-corrected chi connectivity index (χ3v) is 3.25. The number of thioether (sulfide) groups is 1. The van der Waals surface area contributed by atoms with Crippen LogP contribution in [0.1, 0.15) is 23.2 Å². The van der Waals surface area contributed by atoms with E-state index in [0.717, 1.165) is 5.56 Å². The molecule has 0 spiro atoms. The van der Waals surface area contributed by atoms with E-state index in [1.165, 1.54) is 11.8 Å². The first-order chi connectivity index (χ1) is 9.20. The van der Waals surface area contributed by atoms with Crippen molar-refractivity contribution < 1.29 is 13.9 Å². The molecule has 0 aliphatic heterocycles. The van der Waals surface area contributed by atoms with Gasteiger partial charge in [0.1, 0.15) is 5.15 Å². The van der Waals surface area contributed by atoms with Crippen molar-refractivity contribution in [2.24, 2.45) is 0 Å². The minimum Gasteiger partial charge on any atom is -0.459 e. The Hall–Kier alpha value is -1.60. The van der Waals surface area contributed by atoms with Gasteiger partial charge in [0.15, 0.2) is 0 Å². The van der Waals surface area contributed by atoms with Crippen LogP contribution in [0.25, 0.3) is 0 Å². The average molecular weight is 300 g/mol. The van der Waals surface area contributed by atoms with Crippen LogP contribution < -0.4 is 0 Å². The molecule has 0 saturated heterocycles. The van der Waals surface area contributed by atoms with Crippen molar-refractivity contribution >= 4 is 29.3 Å². The number of rotatable bonds is 5. The molecule has 6 nitrogen and oxygen atoms in total. The summed E-state index contributed by atoms with van der Waals surface area (Å²) in [6.45, 7) is 1.96. The Kier molecular flexibility index (Phi) is 4.75. The van der Waals surface area contributed by atoms with Crippen molar-refractivity contribution in [3.8, 4) is 0 Å². The molecule has 100 valence electrons. The Balaban J connectivity index is 1.97. The lowest BCUT2D eigenvalue weighted by Crippen LogP contribution is -2.04. The van der Waals surface area contributed by atoms with Crippen LogP contribution in [-0.2, 0) is 10.5 Å². The highest BCUT2D eigenvalue weighted by molar-refractivity contribution is 7.98. The summed E-state index contributed by atoms with van der Waals surface area (Å²) >= 11 is 7.19. The molecule has 2 aromatic rings. The SMILES string of the molecule is CCOC(=O)c1nnc(SCc2cccnc2Cl)o1. The van der Waals surface area contributed by atoms with Gasteiger partial charge in [-0.25, -0.2) is 9.78 Å². The Morgan fingerprint density at radius 1 is 1.53 bits per heavy atom. The third-order valence-electron chi connectivity index (χ3n) is 2.04. The quantitative estimate of drug-likeness (QED) is 0.477. The van der Waals surface area contributed by atoms with Crippen LogP contribution in [0.15, 0.2) is 28.0 Å². The molecular formula is C11H10ClN3O3S. The van der Waals surface area contributed by atoms with Gasteiger partial charge in [0.25, 0.3) is 5.22 Å². The highest BCUT2D eigenvalue weighted by Crippen LogP contribution is 2.24. The van der Waals surface area contributed by atoms with Crippen molar-refractivity contribution in [2.45, 2.75) is 17.9 Å². The van der Waals surface area contributed by atoms with E-state index in [2.05, 4.69) is 15.2 Å². The van der Waals surface area contributed by atoms with Crippen LogP contribution in [-0.4, -0.2) is 27.8 Å². The topological polar surface area (TPSA) is 78.1 Å². The summed E-state index contributed by atoms with van der Waals surface area (Å²) < 4.78 is 9.91. The first-order valence-electron chi connectivity index (χ1n) is 5.43. The van der Waals surface area contributed by atoms with Crippen molar-refractivity contribution in [2.75, 3.05) is 6.61 Å². The van der Waals surface area contributed by atoms with E-state index in [0.29, 0.717) is 10.9 Å². The van der Waals surface area contributed by atoms with Gasteiger partial charge < -0.3 is 9.15 Å². The van der Waals surface area contributed by atoms with E-state index in [1.807, 2.05) is 6.07 Å². The minimum atomic E-state index is -0.624. The lowest BCUT2D eigenvalue weighted by Gasteiger charge is -1.99. The van der Waals surface area contributed by atoms with E-state index in [9.17, 15) is 4.79 Å². The first-order valence-corrected chi connectivity index (χ1v) is 6.80. The Morgan fingerprint density at radius 2 is 2.37 bits per heavy atom. The van der Waals surface area contributed by atoms with Gasteiger partial charge in [-0.2, -0.15) is 0 Å². The maximum Gasteiger partial charge on any atom is 0.396 e. The molecule has 19 heavy (non-hydrogen) atoms. The van der Waals surface area contributed by atoms with Gasteiger partial charge in [0.05, 0.1) is 6.61 Å². The molecule has 0 aliphatic carbocycles. The summed E-state index contributed by atoms with van der Waals surface area (Å²) in [4.78, 5) is 15.3. The van der Waals surface area contributed by atoms with E-state index in [1.54, 1.807) is 19.2 Å². The number of carbonyl (C=O) groups excluding carboxylic acids is 1. The van der Waals surface area contributed by atoms with Gasteiger partial charge in [-0.3, -0.25) is 0 Å². The summed E-state index contributed by atoms with van der Waals surface area (Å²) in [5.74, 6) is -0.250. The molecule has 0 aromatic carbocycles. The van der Waals surface area contributed by atoms with Gasteiger partial charge in [-0.15, -0.1) is 5.10 Å². The Labute approximate surface area is 118 Å². The lowest BCUT2D eigenvalue weighted by molar-refractivity contribution is 0.0475. The minimum absolute atomic E-state index is 0.151. The van der Waals surface area contributed by atoms with Crippen LogP contribution >= 0.6 is 23.4 Å². The molecule has 0 amide bonds. The highest BCUT2D eigenvalue weighted by atomic mass is 35.5. The maximum atomic E-state index is 11.3. The monoisotopic (exact) mass is 299 g/mol. The maximum absolute atomic E-state index is 11.3. The van der Waals surface area contributed by atoms with E-state index in [-0.39, 0.29) is 17.7 Å². The lowest BCUT2D eigenvalue weighted by atomic mass is 10.3. The van der Waals surface area contributed by atoms with Crippen LogP contribution in [0.4, 0.5) is 0 Å². The normalized spacial score (nSPS) is 10.4. The fourth-order valence-corrected chi connectivity index (χ4v) is 2.22. The van der Waals surface area contributed by atoms with Crippen molar-refractivity contribution in [1.29, 1.82) is 0 Å². The Bertz CT molecular complexity index is 576. The number of carbonyl (C=O) groups is 1. The van der Waals surface area contributed by atoms with E-state index < -0.39 is 5.97 Å². The molecule has 8 heteroatoms. The fourth-order valence-electron chi connectivity index (χ4n) is 1.21. The molecule has 0 atom stereocenters. The molecule has 0 bridgehead atoms.